The second kappa shape index (κ2) is 8.20. The molecule has 11 heteroatoms. The third-order valence-electron chi connectivity index (χ3n) is 3.49. The van der Waals surface area contributed by atoms with E-state index in [2.05, 4.69) is 10.2 Å². The number of aliphatic carboxylic acids is 1. The zero-order valence-corrected chi connectivity index (χ0v) is 14.7. The summed E-state index contributed by atoms with van der Waals surface area (Å²) in [5, 5.41) is 25.9. The molecule has 0 saturated heterocycles. The lowest BCUT2D eigenvalue weighted by atomic mass is 9.84. The van der Waals surface area contributed by atoms with Crippen molar-refractivity contribution < 1.29 is 32.9 Å². The van der Waals surface area contributed by atoms with Crippen LogP contribution in [0, 0.1) is 5.92 Å². The Morgan fingerprint density at radius 2 is 1.92 bits per heavy atom. The minimum atomic E-state index is -5.22. The Hall–Kier alpha value is -1.58. The van der Waals surface area contributed by atoms with Crippen molar-refractivity contribution in [3.63, 3.8) is 0 Å². The summed E-state index contributed by atoms with van der Waals surface area (Å²) in [5.41, 5.74) is -3.61. The molecule has 140 valence electrons. The molecular weight excluding hydrogens is 388 g/mol. The van der Waals surface area contributed by atoms with Crippen LogP contribution in [0.5, 0.6) is 5.75 Å². The maximum absolute atomic E-state index is 13.2. The Morgan fingerprint density at radius 1 is 1.32 bits per heavy atom. The van der Waals surface area contributed by atoms with Gasteiger partial charge in [0.25, 0.3) is 0 Å². The van der Waals surface area contributed by atoms with Crippen LogP contribution in [0.3, 0.4) is 0 Å². The molecule has 2 unspecified atom stereocenters. The first-order valence-electron chi connectivity index (χ1n) is 6.90. The molecule has 0 aliphatic carbocycles. The van der Waals surface area contributed by atoms with E-state index in [9.17, 15) is 23.1 Å². The molecule has 2 atom stereocenters. The average Bonchev–Trinajstić information content (AvgIpc) is 2.48. The topological polar surface area (TPSA) is 91.5 Å². The highest BCUT2D eigenvalue weighted by atomic mass is 35.5. The number of nitrogens with zero attached hydrogens (tertiary/aromatic N) is 2. The predicted molar refractivity (Wildman–Crippen MR) is 84.8 cm³/mol. The van der Waals surface area contributed by atoms with Gasteiger partial charge in [0.05, 0.1) is 29.6 Å². The van der Waals surface area contributed by atoms with Crippen LogP contribution in [-0.2, 0) is 4.79 Å². The zero-order chi connectivity index (χ0) is 19.4. The van der Waals surface area contributed by atoms with Gasteiger partial charge in [0.2, 0.25) is 0 Å². The van der Waals surface area contributed by atoms with Gasteiger partial charge < -0.3 is 14.9 Å². The highest BCUT2D eigenvalue weighted by molar-refractivity contribution is 6.37. The van der Waals surface area contributed by atoms with Gasteiger partial charge in [-0.25, -0.2) is 0 Å². The summed E-state index contributed by atoms with van der Waals surface area (Å²) in [6.07, 6.45) is -5.66. The van der Waals surface area contributed by atoms with Crippen LogP contribution in [0.2, 0.25) is 10.0 Å². The maximum Gasteiger partial charge on any atom is 0.419 e. The lowest BCUT2D eigenvalue weighted by Crippen LogP contribution is -2.56. The molecule has 0 amide bonds. The number of carboxylic acid groups (broad SMARTS) is 1. The molecule has 2 N–H and O–H groups in total. The molecule has 0 radical (unpaired) electrons. The summed E-state index contributed by atoms with van der Waals surface area (Å²) in [7, 11) is 1.32. The van der Waals surface area contributed by atoms with Gasteiger partial charge in [0.1, 0.15) is 11.4 Å². The quantitative estimate of drug-likeness (QED) is 0.657. The van der Waals surface area contributed by atoms with Gasteiger partial charge in [0.15, 0.2) is 5.60 Å². The molecule has 0 spiro atoms. The average molecular weight is 403 g/mol. The fraction of sp³-hybridized carbons (Fsp3) is 0.500. The first-order valence-corrected chi connectivity index (χ1v) is 7.66. The number of hydrogen-bond acceptors (Lipinski definition) is 5. The minimum Gasteiger partial charge on any atom is -0.495 e. The van der Waals surface area contributed by atoms with Crippen molar-refractivity contribution in [1.29, 1.82) is 0 Å². The molecule has 1 aromatic carbocycles. The van der Waals surface area contributed by atoms with Crippen molar-refractivity contribution in [2.45, 2.75) is 25.1 Å². The number of azo groups is 1. The molecule has 0 aromatic heterocycles. The molecule has 6 nitrogen and oxygen atoms in total. The highest BCUT2D eigenvalue weighted by Crippen LogP contribution is 2.40. The molecule has 0 bridgehead atoms. The van der Waals surface area contributed by atoms with Crippen molar-refractivity contribution in [2.75, 3.05) is 13.7 Å². The van der Waals surface area contributed by atoms with Crippen LogP contribution in [0.15, 0.2) is 22.4 Å². The molecule has 0 fully saturated rings. The van der Waals surface area contributed by atoms with E-state index in [1.807, 2.05) is 0 Å². The smallest absolute Gasteiger partial charge is 0.419 e. The van der Waals surface area contributed by atoms with E-state index < -0.39 is 36.6 Å². The van der Waals surface area contributed by atoms with Gasteiger partial charge in [-0.3, -0.25) is 4.79 Å². The SMILES string of the molecule is CCC(C(=O)O)C(O)(CN=Nc1cc(OC)c(Cl)cc1Cl)C(F)(F)F. The summed E-state index contributed by atoms with van der Waals surface area (Å²) >= 11 is 11.7. The van der Waals surface area contributed by atoms with Crippen LogP contribution < -0.4 is 4.74 Å². The normalized spacial score (nSPS) is 15.8. The van der Waals surface area contributed by atoms with Gasteiger partial charge in [0, 0.05) is 6.07 Å². The van der Waals surface area contributed by atoms with Crippen molar-refractivity contribution in [2.24, 2.45) is 16.1 Å². The monoisotopic (exact) mass is 402 g/mol. The van der Waals surface area contributed by atoms with Gasteiger partial charge in [-0.2, -0.15) is 23.4 Å². The molecule has 25 heavy (non-hydrogen) atoms. The number of halogens is 5. The van der Waals surface area contributed by atoms with Gasteiger partial charge in [-0.05, 0) is 12.5 Å². The Labute approximate surface area is 151 Å². The largest absolute Gasteiger partial charge is 0.495 e. The highest BCUT2D eigenvalue weighted by Gasteiger charge is 2.60. The third kappa shape index (κ3) is 4.74. The summed E-state index contributed by atoms with van der Waals surface area (Å²) in [5.74, 6) is -3.71. The molecule has 0 aliphatic heterocycles. The fourth-order valence-corrected chi connectivity index (χ4v) is 2.58. The first kappa shape index (κ1) is 21.5. The number of alkyl halides is 3. The van der Waals surface area contributed by atoms with Gasteiger partial charge >= 0.3 is 12.1 Å². The third-order valence-corrected chi connectivity index (χ3v) is 4.08. The van der Waals surface area contributed by atoms with Crippen LogP contribution in [0.25, 0.3) is 0 Å². The molecule has 0 heterocycles. The van der Waals surface area contributed by atoms with Gasteiger partial charge in [-0.1, -0.05) is 30.1 Å². The predicted octanol–water partition coefficient (Wildman–Crippen LogP) is 4.49. The van der Waals surface area contributed by atoms with Crippen molar-refractivity contribution in [3.05, 3.63) is 22.2 Å². The zero-order valence-electron chi connectivity index (χ0n) is 13.1. The summed E-state index contributed by atoms with van der Waals surface area (Å²) in [6, 6.07) is 2.51. The van der Waals surface area contributed by atoms with Crippen LogP contribution in [0.4, 0.5) is 18.9 Å². The Bertz CT molecular complexity index is 670. The van der Waals surface area contributed by atoms with E-state index in [0.717, 1.165) is 0 Å². The van der Waals surface area contributed by atoms with Crippen molar-refractivity contribution >= 4 is 34.9 Å². The second-order valence-electron chi connectivity index (χ2n) is 5.06. The summed E-state index contributed by atoms with van der Waals surface area (Å²) in [4.78, 5) is 11.0. The Balaban J connectivity index is 3.17. The minimum absolute atomic E-state index is 0.00428. The number of carbonyl (C=O) groups is 1. The Kier molecular flexibility index (Phi) is 7.04. The van der Waals surface area contributed by atoms with E-state index in [1.165, 1.54) is 26.2 Å². The second-order valence-corrected chi connectivity index (χ2v) is 5.87. The fourth-order valence-electron chi connectivity index (χ4n) is 2.08. The van der Waals surface area contributed by atoms with E-state index in [1.54, 1.807) is 0 Å². The lowest BCUT2D eigenvalue weighted by Gasteiger charge is -2.33. The number of benzene rings is 1. The summed E-state index contributed by atoms with van der Waals surface area (Å²) in [6.45, 7) is -0.0872. The number of ether oxygens (including phenoxy) is 1. The number of aliphatic hydroxyl groups is 1. The van der Waals surface area contributed by atoms with Crippen LogP contribution in [-0.4, -0.2) is 41.6 Å². The molecule has 1 aromatic rings. The lowest BCUT2D eigenvalue weighted by molar-refractivity contribution is -0.275. The standard InChI is InChI=1S/C14H15Cl2F3N2O4/c1-3-7(12(22)23)13(24,14(17,18)19)6-20-21-10-5-11(25-2)9(16)4-8(10)15/h4-5,7,24H,3,6H2,1-2H3,(H,22,23). The number of carboxylic acids is 1. The number of hydrogen-bond donors (Lipinski definition) is 2. The molecule has 1 rings (SSSR count). The molecular formula is C14H15Cl2F3N2O4. The molecule has 0 aliphatic rings. The molecule has 0 saturated carbocycles. The van der Waals surface area contributed by atoms with E-state index >= 15 is 0 Å². The van der Waals surface area contributed by atoms with E-state index in [-0.39, 0.29) is 21.5 Å². The number of methoxy groups -OCH3 is 1. The first-order chi connectivity index (χ1) is 11.5. The van der Waals surface area contributed by atoms with Crippen LogP contribution in [0.1, 0.15) is 13.3 Å². The van der Waals surface area contributed by atoms with Gasteiger partial charge in [-0.15, -0.1) is 0 Å². The van der Waals surface area contributed by atoms with Crippen molar-refractivity contribution in [1.82, 2.24) is 0 Å². The Morgan fingerprint density at radius 3 is 2.36 bits per heavy atom. The maximum atomic E-state index is 13.2. The number of rotatable bonds is 7. The van der Waals surface area contributed by atoms with Crippen LogP contribution >= 0.6 is 23.2 Å². The van der Waals surface area contributed by atoms with E-state index in [0.29, 0.717) is 0 Å². The summed E-state index contributed by atoms with van der Waals surface area (Å²) < 4.78 is 44.5. The van der Waals surface area contributed by atoms with E-state index in [4.69, 9.17) is 33.0 Å². The van der Waals surface area contributed by atoms with Crippen molar-refractivity contribution in [3.8, 4) is 5.75 Å².